The SMILES string of the molecule is CCOc1ccc(C)c(C(S)=C(S)c2ccccc2CC)c1. The van der Waals surface area contributed by atoms with Crippen LogP contribution in [0.3, 0.4) is 0 Å². The Morgan fingerprint density at radius 1 is 0.955 bits per heavy atom. The molecule has 0 saturated heterocycles. The molecule has 1 nitrogen and oxygen atoms in total. The number of thiol groups is 2. The molecule has 2 aromatic carbocycles. The molecular weight excluding hydrogens is 308 g/mol. The molecule has 0 fully saturated rings. The zero-order valence-corrected chi connectivity index (χ0v) is 15.0. The summed E-state index contributed by atoms with van der Waals surface area (Å²) >= 11 is 9.49. The van der Waals surface area contributed by atoms with Crippen LogP contribution in [0.2, 0.25) is 0 Å². The van der Waals surface area contributed by atoms with Crippen molar-refractivity contribution in [1.29, 1.82) is 0 Å². The van der Waals surface area contributed by atoms with Gasteiger partial charge in [0.2, 0.25) is 0 Å². The molecule has 0 unspecified atom stereocenters. The highest BCUT2D eigenvalue weighted by molar-refractivity contribution is 7.96. The van der Waals surface area contributed by atoms with E-state index in [0.29, 0.717) is 6.61 Å². The zero-order valence-electron chi connectivity index (χ0n) is 13.3. The van der Waals surface area contributed by atoms with Gasteiger partial charge in [-0.3, -0.25) is 0 Å². The fourth-order valence-corrected chi connectivity index (χ4v) is 3.13. The molecule has 0 amide bonds. The molecule has 3 heteroatoms. The summed E-state index contributed by atoms with van der Waals surface area (Å²) in [5, 5.41) is 0. The highest BCUT2D eigenvalue weighted by Crippen LogP contribution is 2.36. The molecule has 0 saturated carbocycles. The summed E-state index contributed by atoms with van der Waals surface area (Å²) < 4.78 is 5.60. The minimum atomic E-state index is 0.653. The fourth-order valence-electron chi connectivity index (χ4n) is 2.43. The summed E-state index contributed by atoms with van der Waals surface area (Å²) in [6.45, 7) is 6.87. The van der Waals surface area contributed by atoms with Gasteiger partial charge in [-0.05, 0) is 54.7 Å². The molecule has 0 radical (unpaired) electrons. The van der Waals surface area contributed by atoms with Gasteiger partial charge < -0.3 is 4.74 Å². The van der Waals surface area contributed by atoms with Crippen molar-refractivity contribution in [3.8, 4) is 5.75 Å². The third-order valence-corrected chi connectivity index (χ3v) is 4.76. The van der Waals surface area contributed by atoms with Crippen LogP contribution in [-0.2, 0) is 6.42 Å². The van der Waals surface area contributed by atoms with Crippen LogP contribution < -0.4 is 4.74 Å². The molecule has 116 valence electrons. The van der Waals surface area contributed by atoms with Gasteiger partial charge in [-0.1, -0.05) is 37.3 Å². The van der Waals surface area contributed by atoms with Crippen molar-refractivity contribution < 1.29 is 4.74 Å². The quantitative estimate of drug-likeness (QED) is 0.533. The summed E-state index contributed by atoms with van der Waals surface area (Å²) in [6, 6.07) is 14.4. The second-order valence-corrected chi connectivity index (χ2v) is 6.01. The minimum Gasteiger partial charge on any atom is -0.494 e. The van der Waals surface area contributed by atoms with E-state index in [1.54, 1.807) is 0 Å². The first kappa shape index (κ1) is 17.0. The molecular formula is C19H22OS2. The molecule has 2 aromatic rings. The summed E-state index contributed by atoms with van der Waals surface area (Å²) in [7, 11) is 0. The Labute approximate surface area is 144 Å². The third kappa shape index (κ3) is 3.71. The summed E-state index contributed by atoms with van der Waals surface area (Å²) in [6.07, 6.45) is 0.971. The third-order valence-electron chi connectivity index (χ3n) is 3.65. The minimum absolute atomic E-state index is 0.653. The van der Waals surface area contributed by atoms with E-state index in [4.69, 9.17) is 30.0 Å². The zero-order chi connectivity index (χ0) is 16.1. The van der Waals surface area contributed by atoms with E-state index in [2.05, 4.69) is 38.1 Å². The highest BCUT2D eigenvalue weighted by Gasteiger charge is 2.11. The van der Waals surface area contributed by atoms with Crippen molar-refractivity contribution in [3.05, 3.63) is 64.7 Å². The Kier molecular flexibility index (Phi) is 6.04. The van der Waals surface area contributed by atoms with Gasteiger partial charge in [-0.25, -0.2) is 0 Å². The van der Waals surface area contributed by atoms with Crippen molar-refractivity contribution >= 4 is 35.1 Å². The number of hydrogen-bond donors (Lipinski definition) is 2. The van der Waals surface area contributed by atoms with Crippen LogP contribution in [0, 0.1) is 6.92 Å². The first-order valence-corrected chi connectivity index (χ1v) is 8.42. The highest BCUT2D eigenvalue weighted by atomic mass is 32.1. The maximum absolute atomic E-state index is 5.60. The first-order chi connectivity index (χ1) is 10.6. The molecule has 0 heterocycles. The van der Waals surface area contributed by atoms with Gasteiger partial charge in [0.15, 0.2) is 0 Å². The van der Waals surface area contributed by atoms with Gasteiger partial charge >= 0.3 is 0 Å². The van der Waals surface area contributed by atoms with Crippen LogP contribution in [0.1, 0.15) is 36.1 Å². The normalized spacial score (nSPS) is 12.0. The van der Waals surface area contributed by atoms with Gasteiger partial charge in [-0.15, -0.1) is 25.3 Å². The molecule has 0 bridgehead atoms. The average molecular weight is 331 g/mol. The Morgan fingerprint density at radius 2 is 1.64 bits per heavy atom. The van der Waals surface area contributed by atoms with Crippen LogP contribution in [0.25, 0.3) is 9.81 Å². The van der Waals surface area contributed by atoms with Crippen molar-refractivity contribution in [2.24, 2.45) is 0 Å². The second kappa shape index (κ2) is 7.80. The van der Waals surface area contributed by atoms with E-state index in [9.17, 15) is 0 Å². The number of rotatable bonds is 5. The number of ether oxygens (including phenoxy) is 1. The number of benzene rings is 2. The summed E-state index contributed by atoms with van der Waals surface area (Å²) in [5.41, 5.74) is 4.64. The summed E-state index contributed by atoms with van der Waals surface area (Å²) in [5.74, 6) is 0.861. The number of aryl methyl sites for hydroxylation is 2. The Hall–Kier alpha value is -1.32. The Bertz CT molecular complexity index is 690. The Morgan fingerprint density at radius 3 is 2.32 bits per heavy atom. The lowest BCUT2D eigenvalue weighted by molar-refractivity contribution is 0.340. The monoisotopic (exact) mass is 330 g/mol. The van der Waals surface area contributed by atoms with Crippen LogP contribution >= 0.6 is 25.3 Å². The van der Waals surface area contributed by atoms with Gasteiger partial charge in [0.25, 0.3) is 0 Å². The van der Waals surface area contributed by atoms with Crippen molar-refractivity contribution in [1.82, 2.24) is 0 Å². The van der Waals surface area contributed by atoms with Gasteiger partial charge in [-0.2, -0.15) is 0 Å². The first-order valence-electron chi connectivity index (χ1n) is 7.52. The van der Waals surface area contributed by atoms with Gasteiger partial charge in [0.05, 0.1) is 6.61 Å². The van der Waals surface area contributed by atoms with Crippen LogP contribution in [0.4, 0.5) is 0 Å². The van der Waals surface area contributed by atoms with Crippen molar-refractivity contribution in [2.45, 2.75) is 27.2 Å². The van der Waals surface area contributed by atoms with E-state index in [1.165, 1.54) is 5.56 Å². The lowest BCUT2D eigenvalue weighted by Crippen LogP contribution is -1.95. The lowest BCUT2D eigenvalue weighted by atomic mass is 10.0. The largest absolute Gasteiger partial charge is 0.494 e. The summed E-state index contributed by atoms with van der Waals surface area (Å²) in [4.78, 5) is 1.78. The molecule has 0 N–H and O–H groups in total. The van der Waals surface area contributed by atoms with E-state index in [0.717, 1.165) is 38.7 Å². The van der Waals surface area contributed by atoms with Crippen LogP contribution in [-0.4, -0.2) is 6.61 Å². The maximum atomic E-state index is 5.60. The molecule has 2 rings (SSSR count). The predicted molar refractivity (Wildman–Crippen MR) is 103 cm³/mol. The molecule has 0 atom stereocenters. The topological polar surface area (TPSA) is 9.23 Å². The lowest BCUT2D eigenvalue weighted by Gasteiger charge is -2.14. The van der Waals surface area contributed by atoms with E-state index >= 15 is 0 Å². The second-order valence-electron chi connectivity index (χ2n) is 5.12. The molecule has 0 aliphatic heterocycles. The molecule has 0 aromatic heterocycles. The standard InChI is InChI=1S/C19H22OS2/c1-4-14-8-6-7-9-16(14)18(21)19(22)17-12-15(20-5-2)11-10-13(17)3/h6-12,21-22H,4-5H2,1-3H3. The van der Waals surface area contributed by atoms with Crippen molar-refractivity contribution in [2.75, 3.05) is 6.61 Å². The molecule has 0 spiro atoms. The number of hydrogen-bond acceptors (Lipinski definition) is 3. The van der Waals surface area contributed by atoms with E-state index in [-0.39, 0.29) is 0 Å². The molecule has 0 aliphatic rings. The van der Waals surface area contributed by atoms with Gasteiger partial charge in [0.1, 0.15) is 5.75 Å². The van der Waals surface area contributed by atoms with Crippen LogP contribution in [0.15, 0.2) is 42.5 Å². The molecule has 0 aliphatic carbocycles. The smallest absolute Gasteiger partial charge is 0.119 e. The Balaban J connectivity index is 2.53. The average Bonchev–Trinajstić information content (AvgIpc) is 2.55. The maximum Gasteiger partial charge on any atom is 0.119 e. The van der Waals surface area contributed by atoms with Crippen LogP contribution in [0.5, 0.6) is 5.75 Å². The van der Waals surface area contributed by atoms with E-state index in [1.807, 2.05) is 25.1 Å². The van der Waals surface area contributed by atoms with E-state index < -0.39 is 0 Å². The fraction of sp³-hybridized carbons (Fsp3) is 0.263. The predicted octanol–water partition coefficient (Wildman–Crippen LogP) is 5.64. The van der Waals surface area contributed by atoms with Crippen molar-refractivity contribution in [3.63, 3.8) is 0 Å². The molecule has 22 heavy (non-hydrogen) atoms. The van der Waals surface area contributed by atoms with Gasteiger partial charge in [0, 0.05) is 9.81 Å².